The van der Waals surface area contributed by atoms with E-state index in [2.05, 4.69) is 0 Å². The minimum absolute atomic E-state index is 0.0107. The van der Waals surface area contributed by atoms with Crippen LogP contribution in [0, 0.1) is 12.7 Å². The normalized spacial score (nSPS) is 17.6. The van der Waals surface area contributed by atoms with Gasteiger partial charge in [0.05, 0.1) is 0 Å². The second-order valence-electron chi connectivity index (χ2n) is 5.28. The molecule has 5 nitrogen and oxygen atoms in total. The van der Waals surface area contributed by atoms with Gasteiger partial charge in [0.2, 0.25) is 5.91 Å². The highest BCUT2D eigenvalue weighted by Crippen LogP contribution is 2.26. The van der Waals surface area contributed by atoms with E-state index in [-0.39, 0.29) is 5.91 Å². The topological polar surface area (TPSA) is 60.9 Å². The highest BCUT2D eigenvalue weighted by molar-refractivity contribution is 5.76. The summed E-state index contributed by atoms with van der Waals surface area (Å²) in [6.45, 7) is 5.19. The summed E-state index contributed by atoms with van der Waals surface area (Å²) in [5, 5.41) is 9.52. The molecule has 2 rings (SSSR count). The van der Waals surface area contributed by atoms with Crippen LogP contribution in [0.2, 0.25) is 0 Å². The van der Waals surface area contributed by atoms with E-state index >= 15 is 0 Å². The Balaban J connectivity index is 2.23. The number of carboxylic acids is 1. The fourth-order valence-corrected chi connectivity index (χ4v) is 2.69. The molecule has 1 fully saturated rings. The zero-order valence-electron chi connectivity index (χ0n) is 12.2. The molecule has 1 N–H and O–H groups in total. The Hall–Kier alpha value is -1.95. The van der Waals surface area contributed by atoms with Gasteiger partial charge in [0, 0.05) is 33.1 Å². The van der Waals surface area contributed by atoms with Crippen molar-refractivity contribution in [2.24, 2.45) is 0 Å². The summed E-state index contributed by atoms with van der Waals surface area (Å²) in [6.07, 6.45) is 0. The van der Waals surface area contributed by atoms with Crippen LogP contribution in [0.15, 0.2) is 18.2 Å². The molecule has 21 heavy (non-hydrogen) atoms. The van der Waals surface area contributed by atoms with Gasteiger partial charge in [0.25, 0.3) is 0 Å². The summed E-state index contributed by atoms with van der Waals surface area (Å²) in [4.78, 5) is 26.4. The predicted molar refractivity (Wildman–Crippen MR) is 75.3 cm³/mol. The van der Waals surface area contributed by atoms with Gasteiger partial charge < -0.3 is 10.0 Å². The molecule has 1 aliphatic heterocycles. The van der Waals surface area contributed by atoms with Gasteiger partial charge in [-0.2, -0.15) is 0 Å². The van der Waals surface area contributed by atoms with Crippen LogP contribution in [0.1, 0.15) is 24.1 Å². The second kappa shape index (κ2) is 6.22. The molecule has 0 aromatic heterocycles. The first kappa shape index (κ1) is 15.4. The molecular weight excluding hydrogens is 275 g/mol. The lowest BCUT2D eigenvalue weighted by Crippen LogP contribution is -2.50. The summed E-state index contributed by atoms with van der Waals surface area (Å²) in [5.41, 5.74) is 1.22. The van der Waals surface area contributed by atoms with Gasteiger partial charge in [-0.25, -0.2) is 4.39 Å². The minimum atomic E-state index is -1.00. The number of halogens is 1. The van der Waals surface area contributed by atoms with E-state index in [0.717, 1.165) is 5.56 Å². The molecule has 6 heteroatoms. The van der Waals surface area contributed by atoms with Crippen LogP contribution in [0.5, 0.6) is 0 Å². The summed E-state index contributed by atoms with van der Waals surface area (Å²) in [7, 11) is 0. The predicted octanol–water partition coefficient (Wildman–Crippen LogP) is 1.42. The number of aliphatic carboxylic acids is 1. The molecule has 1 atom stereocenters. The van der Waals surface area contributed by atoms with Crippen molar-refractivity contribution in [2.75, 3.05) is 26.2 Å². The molecule has 1 amide bonds. The molecule has 0 radical (unpaired) electrons. The molecule has 1 unspecified atom stereocenters. The Kier molecular flexibility index (Phi) is 4.57. The maximum atomic E-state index is 13.4. The maximum Gasteiger partial charge on any atom is 0.325 e. The number of nitrogens with zero attached hydrogens (tertiary/aromatic N) is 2. The van der Waals surface area contributed by atoms with E-state index in [1.54, 1.807) is 22.8 Å². The molecule has 1 aliphatic rings. The third-order valence-electron chi connectivity index (χ3n) is 3.89. The number of aryl methyl sites for hydroxylation is 1. The number of carbonyl (C=O) groups is 2. The number of carboxylic acid groups (broad SMARTS) is 1. The summed E-state index contributed by atoms with van der Waals surface area (Å²) in [5.74, 6) is -1.45. The van der Waals surface area contributed by atoms with Gasteiger partial charge in [0.15, 0.2) is 0 Å². The first-order valence-corrected chi connectivity index (χ1v) is 6.88. The lowest BCUT2D eigenvalue weighted by atomic mass is 9.99. The quantitative estimate of drug-likeness (QED) is 0.916. The largest absolute Gasteiger partial charge is 0.480 e. The van der Waals surface area contributed by atoms with Crippen molar-refractivity contribution in [2.45, 2.75) is 19.9 Å². The summed E-state index contributed by atoms with van der Waals surface area (Å²) >= 11 is 0. The number of hydrogen-bond acceptors (Lipinski definition) is 3. The van der Waals surface area contributed by atoms with Crippen LogP contribution < -0.4 is 0 Å². The van der Waals surface area contributed by atoms with Crippen LogP contribution in [0.4, 0.5) is 4.39 Å². The van der Waals surface area contributed by atoms with Gasteiger partial charge >= 0.3 is 5.97 Å². The smallest absolute Gasteiger partial charge is 0.325 e. The zero-order valence-corrected chi connectivity index (χ0v) is 12.2. The number of amides is 1. The Morgan fingerprint density at radius 2 is 1.86 bits per heavy atom. The summed E-state index contributed by atoms with van der Waals surface area (Å²) in [6, 6.07) is 3.32. The van der Waals surface area contributed by atoms with E-state index < -0.39 is 17.8 Å². The Labute approximate surface area is 123 Å². The van der Waals surface area contributed by atoms with E-state index in [0.29, 0.717) is 31.7 Å². The van der Waals surface area contributed by atoms with Gasteiger partial charge in [-0.15, -0.1) is 0 Å². The number of rotatable bonds is 3. The van der Waals surface area contributed by atoms with E-state index in [1.165, 1.54) is 19.1 Å². The van der Waals surface area contributed by atoms with Crippen molar-refractivity contribution in [1.29, 1.82) is 0 Å². The highest BCUT2D eigenvalue weighted by Gasteiger charge is 2.32. The van der Waals surface area contributed by atoms with Gasteiger partial charge in [-0.05, 0) is 30.2 Å². The van der Waals surface area contributed by atoms with Crippen molar-refractivity contribution in [3.63, 3.8) is 0 Å². The monoisotopic (exact) mass is 294 g/mol. The van der Waals surface area contributed by atoms with E-state index in [4.69, 9.17) is 0 Å². The first-order chi connectivity index (χ1) is 9.90. The van der Waals surface area contributed by atoms with Crippen LogP contribution >= 0.6 is 0 Å². The zero-order chi connectivity index (χ0) is 15.6. The number of hydrogen-bond donors (Lipinski definition) is 1. The molecule has 0 aliphatic carbocycles. The van der Waals surface area contributed by atoms with Crippen molar-refractivity contribution in [3.8, 4) is 0 Å². The molecule has 1 aromatic carbocycles. The molecule has 1 saturated heterocycles. The van der Waals surface area contributed by atoms with Crippen LogP contribution in [-0.4, -0.2) is 53.0 Å². The number of piperazine rings is 1. The standard InChI is InChI=1S/C15H19FN2O3/c1-10-3-4-12(16)9-13(10)14(15(20)21)18-7-5-17(6-8-18)11(2)19/h3-4,9,14H,5-8H2,1-2H3,(H,20,21). The second-order valence-corrected chi connectivity index (χ2v) is 5.28. The third-order valence-corrected chi connectivity index (χ3v) is 3.89. The lowest BCUT2D eigenvalue weighted by Gasteiger charge is -2.37. The van der Waals surface area contributed by atoms with Crippen molar-refractivity contribution >= 4 is 11.9 Å². The van der Waals surface area contributed by atoms with Crippen LogP contribution in [0.3, 0.4) is 0 Å². The fourth-order valence-electron chi connectivity index (χ4n) is 2.69. The molecule has 0 saturated carbocycles. The van der Waals surface area contributed by atoms with E-state index in [1.807, 2.05) is 0 Å². The van der Waals surface area contributed by atoms with Gasteiger partial charge in [-0.1, -0.05) is 6.07 Å². The summed E-state index contributed by atoms with van der Waals surface area (Å²) < 4.78 is 13.4. The molecule has 0 spiro atoms. The molecular formula is C15H19FN2O3. The molecule has 114 valence electrons. The fraction of sp³-hybridized carbons (Fsp3) is 0.467. The maximum absolute atomic E-state index is 13.4. The number of carbonyl (C=O) groups excluding carboxylic acids is 1. The molecule has 0 bridgehead atoms. The third kappa shape index (κ3) is 3.39. The average Bonchev–Trinajstić information content (AvgIpc) is 2.43. The number of benzene rings is 1. The minimum Gasteiger partial charge on any atom is -0.480 e. The lowest BCUT2D eigenvalue weighted by molar-refractivity contribution is -0.145. The van der Waals surface area contributed by atoms with Crippen LogP contribution in [0.25, 0.3) is 0 Å². The van der Waals surface area contributed by atoms with Gasteiger partial charge in [-0.3, -0.25) is 14.5 Å². The van der Waals surface area contributed by atoms with E-state index in [9.17, 15) is 19.1 Å². The Morgan fingerprint density at radius 1 is 1.24 bits per heavy atom. The van der Waals surface area contributed by atoms with Crippen molar-refractivity contribution in [1.82, 2.24) is 9.80 Å². The SMILES string of the molecule is CC(=O)N1CCN(C(C(=O)O)c2cc(F)ccc2C)CC1. The average molecular weight is 294 g/mol. The Bertz CT molecular complexity index is 554. The van der Waals surface area contributed by atoms with Crippen LogP contribution in [-0.2, 0) is 9.59 Å². The first-order valence-electron chi connectivity index (χ1n) is 6.88. The van der Waals surface area contributed by atoms with Crippen molar-refractivity contribution in [3.05, 3.63) is 35.1 Å². The Morgan fingerprint density at radius 3 is 2.38 bits per heavy atom. The highest BCUT2D eigenvalue weighted by atomic mass is 19.1. The van der Waals surface area contributed by atoms with Crippen molar-refractivity contribution < 1.29 is 19.1 Å². The molecule has 1 aromatic rings. The van der Waals surface area contributed by atoms with Gasteiger partial charge in [0.1, 0.15) is 11.9 Å². The molecule has 1 heterocycles.